The fourth-order valence-corrected chi connectivity index (χ4v) is 4.07. The van der Waals surface area contributed by atoms with Crippen LogP contribution in [-0.4, -0.2) is 32.2 Å². The quantitative estimate of drug-likeness (QED) is 0.624. The summed E-state index contributed by atoms with van der Waals surface area (Å²) >= 11 is 0. The Balaban J connectivity index is 1.79. The van der Waals surface area contributed by atoms with Crippen LogP contribution in [0.5, 0.6) is 0 Å². The van der Waals surface area contributed by atoms with Crippen LogP contribution in [0.2, 0.25) is 0 Å². The van der Waals surface area contributed by atoms with Crippen LogP contribution < -0.4 is 5.32 Å². The summed E-state index contributed by atoms with van der Waals surface area (Å²) in [6.07, 6.45) is 0. The van der Waals surface area contributed by atoms with Gasteiger partial charge in [-0.2, -0.15) is 4.31 Å². The summed E-state index contributed by atoms with van der Waals surface area (Å²) in [7, 11) is -2.69. The van der Waals surface area contributed by atoms with Crippen LogP contribution in [0.4, 0.5) is 8.78 Å². The van der Waals surface area contributed by atoms with Crippen molar-refractivity contribution in [1.82, 2.24) is 9.62 Å². The third-order valence-corrected chi connectivity index (χ3v) is 6.35. The minimum absolute atomic E-state index is 0.114. The van der Waals surface area contributed by atoms with Gasteiger partial charge in [-0.15, -0.1) is 0 Å². The Hall–Kier alpha value is -3.10. The number of carbonyl (C=O) groups excluding carboxylic acids is 1. The minimum atomic E-state index is -3.97. The van der Waals surface area contributed by atoms with Crippen LogP contribution in [0.1, 0.15) is 17.2 Å². The van der Waals surface area contributed by atoms with Gasteiger partial charge in [0.25, 0.3) is 0 Å². The van der Waals surface area contributed by atoms with E-state index in [0.717, 1.165) is 34.1 Å². The number of halogens is 2. The number of amides is 1. The second-order valence-corrected chi connectivity index (χ2v) is 8.72. The number of nitrogens with one attached hydrogen (secondary N) is 1. The lowest BCUT2D eigenvalue weighted by molar-refractivity contribution is -0.121. The maximum atomic E-state index is 13.3. The third kappa shape index (κ3) is 5.08. The molecule has 3 aromatic rings. The van der Waals surface area contributed by atoms with Crippen molar-refractivity contribution in [3.63, 3.8) is 0 Å². The molecule has 0 aliphatic rings. The second-order valence-electron chi connectivity index (χ2n) is 6.68. The highest BCUT2D eigenvalue weighted by Crippen LogP contribution is 2.22. The van der Waals surface area contributed by atoms with Crippen LogP contribution in [0, 0.1) is 11.6 Å². The molecule has 1 unspecified atom stereocenters. The Kier molecular flexibility index (Phi) is 6.59. The molecular formula is C22H20F2N2O3S. The average Bonchev–Trinajstić information content (AvgIpc) is 2.73. The van der Waals surface area contributed by atoms with Crippen LogP contribution in [-0.2, 0) is 14.8 Å². The first kappa shape index (κ1) is 21.6. The fourth-order valence-electron chi connectivity index (χ4n) is 2.94. The first-order chi connectivity index (χ1) is 14.3. The van der Waals surface area contributed by atoms with Crippen LogP contribution >= 0.6 is 0 Å². The van der Waals surface area contributed by atoms with Crippen LogP contribution in [0.15, 0.2) is 83.8 Å². The van der Waals surface area contributed by atoms with E-state index in [2.05, 4.69) is 5.32 Å². The predicted octanol–water partition coefficient (Wildman–Crippen LogP) is 3.49. The molecule has 0 saturated heterocycles. The van der Waals surface area contributed by atoms with Crippen molar-refractivity contribution in [3.8, 4) is 0 Å². The average molecular weight is 430 g/mol. The largest absolute Gasteiger partial charge is 0.344 e. The smallest absolute Gasteiger partial charge is 0.243 e. The lowest BCUT2D eigenvalue weighted by Crippen LogP contribution is -2.40. The summed E-state index contributed by atoms with van der Waals surface area (Å²) in [6, 6.07) is 18.6. The minimum Gasteiger partial charge on any atom is -0.344 e. The van der Waals surface area contributed by atoms with Crippen LogP contribution in [0.25, 0.3) is 0 Å². The van der Waals surface area contributed by atoms with Gasteiger partial charge in [0.05, 0.1) is 17.5 Å². The number of carbonyl (C=O) groups is 1. The molecule has 0 heterocycles. The molecule has 8 heteroatoms. The molecule has 0 aliphatic carbocycles. The molecule has 0 bridgehead atoms. The van der Waals surface area contributed by atoms with Gasteiger partial charge in [-0.3, -0.25) is 4.79 Å². The standard InChI is InChI=1S/C22H20F2N2O3S/c1-26(30(28,29)20-13-11-19(24)12-14-20)15-21(27)25-22(16-5-3-2-4-6-16)17-7-9-18(23)10-8-17/h2-14,22H,15H2,1H3,(H,25,27). The summed E-state index contributed by atoms with van der Waals surface area (Å²) in [5.41, 5.74) is 1.42. The molecular weight excluding hydrogens is 410 g/mol. The Morgan fingerprint density at radius 3 is 1.93 bits per heavy atom. The van der Waals surface area contributed by atoms with E-state index in [1.165, 1.54) is 19.2 Å². The Bertz CT molecular complexity index is 1100. The summed E-state index contributed by atoms with van der Waals surface area (Å²) < 4.78 is 52.5. The number of sulfonamides is 1. The van der Waals surface area contributed by atoms with Crippen molar-refractivity contribution >= 4 is 15.9 Å². The first-order valence-electron chi connectivity index (χ1n) is 9.09. The van der Waals surface area contributed by atoms with E-state index in [1.54, 1.807) is 12.1 Å². The number of hydrogen-bond donors (Lipinski definition) is 1. The molecule has 5 nitrogen and oxygen atoms in total. The lowest BCUT2D eigenvalue weighted by Gasteiger charge is -2.22. The predicted molar refractivity (Wildman–Crippen MR) is 109 cm³/mol. The molecule has 0 radical (unpaired) electrons. The molecule has 3 aromatic carbocycles. The van der Waals surface area contributed by atoms with Gasteiger partial charge in [-0.1, -0.05) is 42.5 Å². The van der Waals surface area contributed by atoms with Gasteiger partial charge < -0.3 is 5.32 Å². The summed E-state index contributed by atoms with van der Waals surface area (Å²) in [5, 5.41) is 2.81. The number of rotatable bonds is 7. The molecule has 0 saturated carbocycles. The topological polar surface area (TPSA) is 66.5 Å². The molecule has 1 atom stereocenters. The highest BCUT2D eigenvalue weighted by molar-refractivity contribution is 7.89. The maximum absolute atomic E-state index is 13.3. The monoisotopic (exact) mass is 430 g/mol. The van der Waals surface area contributed by atoms with Gasteiger partial charge in [-0.05, 0) is 47.5 Å². The summed E-state index contributed by atoms with van der Waals surface area (Å²) in [4.78, 5) is 12.5. The molecule has 0 aromatic heterocycles. The molecule has 0 spiro atoms. The van der Waals surface area contributed by atoms with Gasteiger partial charge in [0.2, 0.25) is 15.9 Å². The number of hydrogen-bond acceptors (Lipinski definition) is 3. The van der Waals surface area contributed by atoms with E-state index >= 15 is 0 Å². The second kappa shape index (κ2) is 9.15. The van der Waals surface area contributed by atoms with Crippen molar-refractivity contribution < 1.29 is 22.0 Å². The van der Waals surface area contributed by atoms with E-state index < -0.39 is 40.2 Å². The van der Waals surface area contributed by atoms with Gasteiger partial charge in [0.1, 0.15) is 11.6 Å². The van der Waals surface area contributed by atoms with E-state index in [4.69, 9.17) is 0 Å². The van der Waals surface area contributed by atoms with E-state index in [9.17, 15) is 22.0 Å². The van der Waals surface area contributed by atoms with Crippen molar-refractivity contribution in [1.29, 1.82) is 0 Å². The number of nitrogens with zero attached hydrogens (tertiary/aromatic N) is 1. The van der Waals surface area contributed by atoms with Crippen molar-refractivity contribution in [3.05, 3.63) is 102 Å². The Labute approximate surface area is 174 Å². The van der Waals surface area contributed by atoms with Gasteiger partial charge >= 0.3 is 0 Å². The zero-order chi connectivity index (χ0) is 21.7. The van der Waals surface area contributed by atoms with Crippen LogP contribution in [0.3, 0.4) is 0 Å². The Morgan fingerprint density at radius 1 is 0.867 bits per heavy atom. The van der Waals surface area contributed by atoms with Gasteiger partial charge in [0, 0.05) is 7.05 Å². The third-order valence-electron chi connectivity index (χ3n) is 4.53. The maximum Gasteiger partial charge on any atom is 0.243 e. The lowest BCUT2D eigenvalue weighted by atomic mass is 9.98. The zero-order valence-electron chi connectivity index (χ0n) is 16.1. The highest BCUT2D eigenvalue weighted by Gasteiger charge is 2.25. The Morgan fingerprint density at radius 2 is 1.37 bits per heavy atom. The normalized spacial score (nSPS) is 12.5. The highest BCUT2D eigenvalue weighted by atomic mass is 32.2. The van der Waals surface area contributed by atoms with Gasteiger partial charge in [0.15, 0.2) is 0 Å². The molecule has 0 aliphatic heterocycles. The number of benzene rings is 3. The molecule has 3 rings (SSSR count). The van der Waals surface area contributed by atoms with E-state index in [1.807, 2.05) is 30.3 Å². The van der Waals surface area contributed by atoms with Gasteiger partial charge in [-0.25, -0.2) is 17.2 Å². The number of likely N-dealkylation sites (N-methyl/N-ethyl adjacent to an activating group) is 1. The molecule has 0 fully saturated rings. The summed E-state index contributed by atoms with van der Waals surface area (Å²) in [5.74, 6) is -1.50. The van der Waals surface area contributed by atoms with Crippen molar-refractivity contribution in [2.45, 2.75) is 10.9 Å². The molecule has 1 amide bonds. The van der Waals surface area contributed by atoms with E-state index in [-0.39, 0.29) is 4.90 Å². The van der Waals surface area contributed by atoms with Crippen molar-refractivity contribution in [2.75, 3.05) is 13.6 Å². The molecule has 156 valence electrons. The SMILES string of the molecule is CN(CC(=O)NC(c1ccccc1)c1ccc(F)cc1)S(=O)(=O)c1ccc(F)cc1. The molecule has 1 N–H and O–H groups in total. The van der Waals surface area contributed by atoms with E-state index in [0.29, 0.717) is 5.56 Å². The molecule has 30 heavy (non-hydrogen) atoms. The fraction of sp³-hybridized carbons (Fsp3) is 0.136. The zero-order valence-corrected chi connectivity index (χ0v) is 16.9. The summed E-state index contributed by atoms with van der Waals surface area (Å²) in [6.45, 7) is -0.440. The first-order valence-corrected chi connectivity index (χ1v) is 10.5. The van der Waals surface area contributed by atoms with Crippen molar-refractivity contribution in [2.24, 2.45) is 0 Å².